The summed E-state index contributed by atoms with van der Waals surface area (Å²) in [6, 6.07) is 12.1. The third-order valence-electron chi connectivity index (χ3n) is 9.75. The fourth-order valence-corrected chi connectivity index (χ4v) is 7.29. The summed E-state index contributed by atoms with van der Waals surface area (Å²) in [5.74, 6) is -4.04. The van der Waals surface area contributed by atoms with Gasteiger partial charge in [-0.05, 0) is 61.4 Å². The van der Waals surface area contributed by atoms with Crippen LogP contribution >= 0.6 is 0 Å². The van der Waals surface area contributed by atoms with Crippen LogP contribution in [0.5, 0.6) is 0 Å². The zero-order chi connectivity index (χ0) is 40.3. The van der Waals surface area contributed by atoms with Crippen LogP contribution in [0.1, 0.15) is 79.4 Å². The van der Waals surface area contributed by atoms with Crippen molar-refractivity contribution < 1.29 is 40.8 Å². The monoisotopic (exact) mass is 763 g/mol. The molecule has 0 heterocycles. The van der Waals surface area contributed by atoms with Crippen LogP contribution in [0, 0.1) is 11.3 Å². The third-order valence-corrected chi connectivity index (χ3v) is 11.1. The van der Waals surface area contributed by atoms with Crippen molar-refractivity contribution in [2.75, 3.05) is 14.1 Å². The Bertz CT molecular complexity index is 1800. The fourth-order valence-electron chi connectivity index (χ4n) is 6.28. The number of alkyl halides is 3. The van der Waals surface area contributed by atoms with Gasteiger partial charge in [0.25, 0.3) is 15.9 Å². The Balaban J connectivity index is 1.79. The molecule has 1 fully saturated rings. The van der Waals surface area contributed by atoms with Gasteiger partial charge in [-0.3, -0.25) is 19.2 Å². The van der Waals surface area contributed by atoms with Crippen molar-refractivity contribution in [1.82, 2.24) is 25.6 Å². The molecule has 3 atom stereocenters. The smallest absolute Gasteiger partial charge is 0.342 e. The average Bonchev–Trinajstić information content (AvgIpc) is 3.85. The zero-order valence-corrected chi connectivity index (χ0v) is 32.8. The molecule has 1 aliphatic carbocycles. The maximum absolute atomic E-state index is 14.2. The SMILES string of the molecule is CN[C@H](C(=O)N[C@H](C(=O)N(C)[C@H](C=C(C)C(=O)NS(=O)(=O)c1ccc(C2(NC(=O)C(F)(F)F)CC2)cc1)C(C)C)C(C)(C)C)C(C)(C)c1ccccc1. The van der Waals surface area contributed by atoms with Gasteiger partial charge in [0, 0.05) is 18.0 Å². The highest BCUT2D eigenvalue weighted by molar-refractivity contribution is 7.90. The fraction of sp³-hybridized carbons (Fsp3) is 0.526. The Morgan fingerprint density at radius 3 is 1.89 bits per heavy atom. The number of halogens is 3. The lowest BCUT2D eigenvalue weighted by Gasteiger charge is -2.40. The first-order valence-electron chi connectivity index (χ1n) is 17.3. The Labute approximate surface area is 310 Å². The topological polar surface area (TPSA) is 154 Å². The predicted molar refractivity (Wildman–Crippen MR) is 196 cm³/mol. The first kappa shape index (κ1) is 43.2. The van der Waals surface area contributed by atoms with Crippen LogP contribution in [0.4, 0.5) is 13.2 Å². The molecule has 4 N–H and O–H groups in total. The zero-order valence-electron chi connectivity index (χ0n) is 31.9. The summed E-state index contributed by atoms with van der Waals surface area (Å²) in [6.07, 6.45) is -3.07. The molecule has 0 radical (unpaired) electrons. The molecular formula is C38H52F3N5O6S. The van der Waals surface area contributed by atoms with E-state index in [1.54, 1.807) is 14.1 Å². The van der Waals surface area contributed by atoms with E-state index in [-0.39, 0.29) is 35.1 Å². The molecule has 0 unspecified atom stereocenters. The summed E-state index contributed by atoms with van der Waals surface area (Å²) in [6.45, 7) is 14.5. The summed E-state index contributed by atoms with van der Waals surface area (Å²) < 4.78 is 66.8. The second-order valence-corrected chi connectivity index (χ2v) is 17.3. The van der Waals surface area contributed by atoms with E-state index in [0.717, 1.165) is 17.7 Å². The molecule has 2 aromatic rings. The van der Waals surface area contributed by atoms with Gasteiger partial charge >= 0.3 is 12.1 Å². The minimum Gasteiger partial charge on any atom is -0.342 e. The van der Waals surface area contributed by atoms with E-state index in [4.69, 9.17) is 0 Å². The molecule has 0 saturated heterocycles. The van der Waals surface area contributed by atoms with Crippen LogP contribution in [0.2, 0.25) is 0 Å². The Hall–Kier alpha value is -4.24. The van der Waals surface area contributed by atoms with Gasteiger partial charge < -0.3 is 20.9 Å². The van der Waals surface area contributed by atoms with E-state index < -0.39 is 68.4 Å². The lowest BCUT2D eigenvalue weighted by atomic mass is 9.76. The first-order valence-corrected chi connectivity index (χ1v) is 18.8. The lowest BCUT2D eigenvalue weighted by molar-refractivity contribution is -0.174. The Kier molecular flexibility index (Phi) is 13.0. The number of rotatable bonds is 14. The minimum atomic E-state index is -5.06. The van der Waals surface area contributed by atoms with Crippen LogP contribution < -0.4 is 20.7 Å². The number of amides is 4. The second kappa shape index (κ2) is 16.0. The van der Waals surface area contributed by atoms with E-state index >= 15 is 0 Å². The number of likely N-dealkylation sites (N-methyl/N-ethyl adjacent to an activating group) is 2. The standard InChI is InChI=1S/C38H52F3N5O6S/c1-23(2)28(46(10)33(49)30(35(4,5)6)43-32(48)29(42-9)36(7,8)25-14-12-11-13-15-25)22-24(3)31(47)45-53(51,52)27-18-16-26(17-19-27)37(20-21-37)44-34(50)38(39,40)41/h11-19,22-23,28-30,42H,20-21H2,1-10H3,(H,43,48)(H,44,50)(H,45,47)/t28-,29-,30-/m1/s1. The van der Waals surface area contributed by atoms with Gasteiger partial charge in [0.05, 0.1) is 22.5 Å². The van der Waals surface area contributed by atoms with Crippen molar-refractivity contribution >= 4 is 33.7 Å². The maximum atomic E-state index is 14.2. The summed E-state index contributed by atoms with van der Waals surface area (Å²) in [4.78, 5) is 53.8. The number of nitrogens with zero attached hydrogens (tertiary/aromatic N) is 1. The maximum Gasteiger partial charge on any atom is 0.471 e. The Morgan fingerprint density at radius 2 is 1.43 bits per heavy atom. The molecule has 11 nitrogen and oxygen atoms in total. The van der Waals surface area contributed by atoms with Crippen molar-refractivity contribution in [3.8, 4) is 0 Å². The van der Waals surface area contributed by atoms with Gasteiger partial charge in [0.1, 0.15) is 6.04 Å². The number of carbonyl (C=O) groups excluding carboxylic acids is 4. The van der Waals surface area contributed by atoms with E-state index in [1.165, 1.54) is 30.0 Å². The van der Waals surface area contributed by atoms with Gasteiger partial charge in [-0.15, -0.1) is 0 Å². The summed E-state index contributed by atoms with van der Waals surface area (Å²) >= 11 is 0. The normalized spacial score (nSPS) is 16.6. The molecule has 292 valence electrons. The molecule has 53 heavy (non-hydrogen) atoms. The quantitative estimate of drug-likeness (QED) is 0.204. The lowest BCUT2D eigenvalue weighted by Crippen LogP contribution is -2.61. The van der Waals surface area contributed by atoms with E-state index in [2.05, 4.69) is 10.6 Å². The van der Waals surface area contributed by atoms with Gasteiger partial charge in [-0.2, -0.15) is 13.2 Å². The predicted octanol–water partition coefficient (Wildman–Crippen LogP) is 4.69. The van der Waals surface area contributed by atoms with E-state index in [1.807, 2.05) is 88.8 Å². The van der Waals surface area contributed by atoms with Crippen molar-refractivity contribution in [1.29, 1.82) is 0 Å². The molecule has 1 aliphatic rings. The van der Waals surface area contributed by atoms with Crippen molar-refractivity contribution in [3.05, 3.63) is 77.4 Å². The van der Waals surface area contributed by atoms with Crippen LogP contribution in [0.3, 0.4) is 0 Å². The van der Waals surface area contributed by atoms with Gasteiger partial charge in [-0.25, -0.2) is 13.1 Å². The van der Waals surface area contributed by atoms with Crippen molar-refractivity contribution in [2.24, 2.45) is 11.3 Å². The number of sulfonamides is 1. The highest BCUT2D eigenvalue weighted by Gasteiger charge is 2.51. The van der Waals surface area contributed by atoms with Gasteiger partial charge in [-0.1, -0.05) is 97.0 Å². The van der Waals surface area contributed by atoms with Crippen LogP contribution in [0.15, 0.2) is 71.1 Å². The van der Waals surface area contributed by atoms with Crippen LogP contribution in [-0.4, -0.2) is 75.3 Å². The summed E-state index contributed by atoms with van der Waals surface area (Å²) in [5.41, 5.74) is -1.36. The van der Waals surface area contributed by atoms with Crippen LogP contribution in [-0.2, 0) is 40.2 Å². The molecule has 3 rings (SSSR count). The molecule has 1 saturated carbocycles. The second-order valence-electron chi connectivity index (χ2n) is 15.6. The van der Waals surface area contributed by atoms with Gasteiger partial charge in [0.2, 0.25) is 11.8 Å². The molecule has 0 spiro atoms. The molecule has 0 aliphatic heterocycles. The van der Waals surface area contributed by atoms with E-state index in [9.17, 15) is 40.8 Å². The number of hydrogen-bond acceptors (Lipinski definition) is 7. The van der Waals surface area contributed by atoms with Crippen molar-refractivity contribution in [3.63, 3.8) is 0 Å². The van der Waals surface area contributed by atoms with Gasteiger partial charge in [0.15, 0.2) is 0 Å². The molecular weight excluding hydrogens is 712 g/mol. The molecule has 0 aromatic heterocycles. The molecule has 2 aromatic carbocycles. The number of benzene rings is 2. The molecule has 4 amide bonds. The molecule has 15 heteroatoms. The number of carbonyl (C=O) groups is 4. The minimum absolute atomic E-state index is 0.00606. The number of nitrogens with one attached hydrogen (secondary N) is 4. The highest BCUT2D eigenvalue weighted by Crippen LogP contribution is 2.46. The largest absolute Gasteiger partial charge is 0.471 e. The Morgan fingerprint density at radius 1 is 0.887 bits per heavy atom. The van der Waals surface area contributed by atoms with Crippen molar-refractivity contribution in [2.45, 2.75) is 108 Å². The van der Waals surface area contributed by atoms with E-state index in [0.29, 0.717) is 5.56 Å². The molecule has 0 bridgehead atoms. The average molecular weight is 764 g/mol. The number of hydrogen-bond donors (Lipinski definition) is 4. The highest BCUT2D eigenvalue weighted by atomic mass is 32.2. The summed E-state index contributed by atoms with van der Waals surface area (Å²) in [7, 11) is -1.17. The third kappa shape index (κ3) is 10.3. The van der Waals surface area contributed by atoms with Crippen LogP contribution in [0.25, 0.3) is 0 Å². The first-order chi connectivity index (χ1) is 24.3. The summed E-state index contributed by atoms with van der Waals surface area (Å²) in [5, 5.41) is 8.06.